The number of carboxylic acids is 1. The van der Waals surface area contributed by atoms with E-state index in [2.05, 4.69) is 42.2 Å². The summed E-state index contributed by atoms with van der Waals surface area (Å²) in [6.45, 7) is 7.18. The molecule has 26 nitrogen and oxygen atoms in total. The summed E-state index contributed by atoms with van der Waals surface area (Å²) in [5, 5.41) is 37.0. The molecule has 8 atom stereocenters. The van der Waals surface area contributed by atoms with E-state index in [1.165, 1.54) is 6.92 Å². The first-order valence-corrected chi connectivity index (χ1v) is 22.0. The third-order valence-electron chi connectivity index (χ3n) is 10.2. The second-order valence-corrected chi connectivity index (χ2v) is 16.9. The first-order chi connectivity index (χ1) is 30.9. The molecule has 0 spiro atoms. The van der Waals surface area contributed by atoms with Crippen molar-refractivity contribution in [1.82, 2.24) is 42.1 Å². The number of carbonyl (C=O) groups excluding carboxylic acids is 9. The molecule has 0 saturated carbocycles. The van der Waals surface area contributed by atoms with Crippen LogP contribution < -0.4 is 65.9 Å². The number of nitrogens with one attached hydrogen (secondary N) is 7. The zero-order valence-corrected chi connectivity index (χ0v) is 38.4. The predicted octanol–water partition coefficient (Wildman–Crippen LogP) is -5.81. The molecule has 1 heterocycles. The summed E-state index contributed by atoms with van der Waals surface area (Å²) < 4.78 is 0. The van der Waals surface area contributed by atoms with E-state index in [9.17, 15) is 53.1 Å². The topological polar surface area (TPSA) is 441 Å². The number of aliphatic carboxylic acids is 1. The SMILES string of the molecule is CC(C)CC(NC(=O)C(N)CC(N)=O)C(=O)NC(CCCCN)C(=O)NC(C(=O)N1CCCC1C(=O)NC(CCCN=C(N)N)C(=O)NC(C(=O)NCC(=O)NCC(=O)O)C(C)C)C(C)O. The van der Waals surface area contributed by atoms with Crippen LogP contribution in [0.1, 0.15) is 92.4 Å². The van der Waals surface area contributed by atoms with Crippen LogP contribution in [0.25, 0.3) is 0 Å². The van der Waals surface area contributed by atoms with Crippen molar-refractivity contribution < 1.29 is 58.2 Å². The van der Waals surface area contributed by atoms with Gasteiger partial charge in [-0.05, 0) is 76.7 Å². The number of hydrogen-bond acceptors (Lipinski definition) is 14. The number of aliphatic hydroxyl groups is 1. The predicted molar refractivity (Wildman–Crippen MR) is 239 cm³/mol. The largest absolute Gasteiger partial charge is 0.480 e. The monoisotopic (exact) mass is 941 g/mol. The molecule has 0 aliphatic carbocycles. The van der Waals surface area contributed by atoms with Crippen molar-refractivity contribution in [2.75, 3.05) is 32.7 Å². The third-order valence-corrected chi connectivity index (χ3v) is 10.2. The van der Waals surface area contributed by atoms with Gasteiger partial charge in [-0.2, -0.15) is 0 Å². The Morgan fingerprint density at radius 2 is 1.29 bits per heavy atom. The van der Waals surface area contributed by atoms with Gasteiger partial charge in [0.05, 0.1) is 25.1 Å². The number of carboxylic acid groups (broad SMARTS) is 1. The summed E-state index contributed by atoms with van der Waals surface area (Å²) >= 11 is 0. The van der Waals surface area contributed by atoms with E-state index in [4.69, 9.17) is 33.8 Å². The quantitative estimate of drug-likeness (QED) is 0.0181. The number of nitrogens with zero attached hydrogens (tertiary/aromatic N) is 2. The molecule has 1 aliphatic heterocycles. The Balaban J connectivity index is 3.33. The lowest BCUT2D eigenvalue weighted by Crippen LogP contribution is -2.61. The van der Waals surface area contributed by atoms with Gasteiger partial charge in [0.1, 0.15) is 42.8 Å². The van der Waals surface area contributed by atoms with Crippen LogP contribution in [-0.4, -0.2) is 161 Å². The van der Waals surface area contributed by atoms with Crippen LogP contribution in [-0.2, 0) is 47.9 Å². The summed E-state index contributed by atoms with van der Waals surface area (Å²) in [7, 11) is 0. The van der Waals surface area contributed by atoms with Crippen LogP contribution in [0.2, 0.25) is 0 Å². The van der Waals surface area contributed by atoms with E-state index in [1.807, 2.05) is 0 Å². The van der Waals surface area contributed by atoms with Crippen molar-refractivity contribution in [1.29, 1.82) is 0 Å². The van der Waals surface area contributed by atoms with Crippen molar-refractivity contribution in [3.63, 3.8) is 0 Å². The van der Waals surface area contributed by atoms with E-state index in [0.717, 1.165) is 4.90 Å². The number of hydrogen-bond donors (Lipinski definition) is 14. The minimum atomic E-state index is -1.62. The Kier molecular flexibility index (Phi) is 25.8. The highest BCUT2D eigenvalue weighted by Gasteiger charge is 2.41. The minimum absolute atomic E-state index is 0.0259. The number of carbonyl (C=O) groups is 10. The zero-order chi connectivity index (χ0) is 50.3. The number of aliphatic hydroxyl groups excluding tert-OH is 1. The molecule has 0 aromatic heterocycles. The van der Waals surface area contributed by atoms with Crippen molar-refractivity contribution >= 4 is 65.1 Å². The Bertz CT molecular complexity index is 1720. The van der Waals surface area contributed by atoms with E-state index in [-0.39, 0.29) is 63.6 Å². The Labute approximate surface area is 383 Å². The van der Waals surface area contributed by atoms with E-state index >= 15 is 0 Å². The van der Waals surface area contributed by atoms with Crippen LogP contribution in [0.3, 0.4) is 0 Å². The summed E-state index contributed by atoms with van der Waals surface area (Å²) in [4.78, 5) is 134. The zero-order valence-electron chi connectivity index (χ0n) is 38.4. The highest BCUT2D eigenvalue weighted by atomic mass is 16.4. The molecular weight excluding hydrogens is 869 g/mol. The van der Waals surface area contributed by atoms with Gasteiger partial charge in [-0.25, -0.2) is 0 Å². The molecule has 1 saturated heterocycles. The molecular formula is C40H72N14O12. The van der Waals surface area contributed by atoms with Gasteiger partial charge in [-0.15, -0.1) is 0 Å². The van der Waals surface area contributed by atoms with Crippen LogP contribution in [0.5, 0.6) is 0 Å². The number of rotatable bonds is 30. The number of likely N-dealkylation sites (tertiary alicyclic amines) is 1. The molecule has 19 N–H and O–H groups in total. The second kappa shape index (κ2) is 29.4. The molecule has 8 unspecified atom stereocenters. The van der Waals surface area contributed by atoms with Crippen molar-refractivity contribution in [2.24, 2.45) is 45.5 Å². The lowest BCUT2D eigenvalue weighted by molar-refractivity contribution is -0.145. The molecule has 0 radical (unpaired) electrons. The second-order valence-electron chi connectivity index (χ2n) is 16.9. The van der Waals surface area contributed by atoms with Gasteiger partial charge in [0.25, 0.3) is 0 Å². The molecule has 374 valence electrons. The van der Waals surface area contributed by atoms with Gasteiger partial charge in [0.2, 0.25) is 53.2 Å². The Morgan fingerprint density at radius 3 is 1.83 bits per heavy atom. The summed E-state index contributed by atoms with van der Waals surface area (Å²) in [6, 6.07) is -9.12. The number of amides is 9. The third kappa shape index (κ3) is 21.2. The average Bonchev–Trinajstić information content (AvgIpc) is 3.73. The van der Waals surface area contributed by atoms with Crippen molar-refractivity contribution in [3.05, 3.63) is 0 Å². The van der Waals surface area contributed by atoms with Gasteiger partial charge < -0.3 is 81.0 Å². The maximum Gasteiger partial charge on any atom is 0.322 e. The van der Waals surface area contributed by atoms with Gasteiger partial charge in [0, 0.05) is 13.1 Å². The van der Waals surface area contributed by atoms with Gasteiger partial charge in [-0.3, -0.25) is 52.9 Å². The minimum Gasteiger partial charge on any atom is -0.480 e. The summed E-state index contributed by atoms with van der Waals surface area (Å²) in [5.74, 6) is -9.37. The highest BCUT2D eigenvalue weighted by Crippen LogP contribution is 2.21. The fourth-order valence-corrected chi connectivity index (χ4v) is 6.79. The number of unbranched alkanes of at least 4 members (excludes halogenated alkanes) is 1. The average molecular weight is 941 g/mol. The molecule has 0 aromatic rings. The lowest BCUT2D eigenvalue weighted by atomic mass is 10.0. The fraction of sp³-hybridized carbons (Fsp3) is 0.725. The number of primary amides is 1. The lowest BCUT2D eigenvalue weighted by Gasteiger charge is -2.32. The maximum atomic E-state index is 14.2. The van der Waals surface area contributed by atoms with Crippen molar-refractivity contribution in [3.8, 4) is 0 Å². The smallest absolute Gasteiger partial charge is 0.322 e. The molecule has 0 aromatic carbocycles. The standard InChI is InChI=1S/C40H72N14O12/c1-20(2)16-26(51-33(60)23(42)17-28(43)56)36(63)49-24(10-6-7-13-41)35(62)53-32(22(5)55)39(66)54-15-9-12-27(54)37(64)50-25(11-8-14-46-40(44)45)34(61)52-31(21(3)4)38(65)48-18-29(57)47-19-30(58)59/h20-27,31-32,55H,6-19,41-42H2,1-5H3,(H2,43,56)(H,47,57)(H,48,65)(H,49,63)(H,50,64)(H,51,60)(H,52,61)(H,53,62)(H,58,59)(H4,44,45,46). The van der Waals surface area contributed by atoms with Gasteiger partial charge >= 0.3 is 5.97 Å². The van der Waals surface area contributed by atoms with Gasteiger partial charge in [0.15, 0.2) is 5.96 Å². The first kappa shape index (κ1) is 57.9. The molecule has 1 aliphatic rings. The van der Waals surface area contributed by atoms with Gasteiger partial charge in [-0.1, -0.05) is 27.7 Å². The number of guanidine groups is 1. The summed E-state index contributed by atoms with van der Waals surface area (Å²) in [6.07, 6.45) is -0.403. The summed E-state index contributed by atoms with van der Waals surface area (Å²) in [5.41, 5.74) is 27.5. The Hall–Kier alpha value is -6.15. The maximum absolute atomic E-state index is 14.2. The van der Waals surface area contributed by atoms with Crippen LogP contribution in [0, 0.1) is 11.8 Å². The normalized spacial score (nSPS) is 16.6. The van der Waals surface area contributed by atoms with Crippen LogP contribution >= 0.6 is 0 Å². The molecule has 26 heteroatoms. The fourth-order valence-electron chi connectivity index (χ4n) is 6.79. The first-order valence-electron chi connectivity index (χ1n) is 22.0. The number of aliphatic imine (C=N–C) groups is 1. The molecule has 1 rings (SSSR count). The van der Waals surface area contributed by atoms with Crippen LogP contribution in [0.4, 0.5) is 0 Å². The highest BCUT2D eigenvalue weighted by molar-refractivity contribution is 5.98. The molecule has 0 bridgehead atoms. The molecule has 66 heavy (non-hydrogen) atoms. The Morgan fingerprint density at radius 1 is 0.712 bits per heavy atom. The van der Waals surface area contributed by atoms with Crippen molar-refractivity contribution in [2.45, 2.75) is 141 Å². The molecule has 1 fully saturated rings. The van der Waals surface area contributed by atoms with E-state index in [0.29, 0.717) is 19.3 Å². The molecule has 9 amide bonds. The number of nitrogens with two attached hydrogens (primary N) is 5. The van der Waals surface area contributed by atoms with E-state index < -0.39 is 133 Å². The van der Waals surface area contributed by atoms with Crippen LogP contribution in [0.15, 0.2) is 4.99 Å². The van der Waals surface area contributed by atoms with E-state index in [1.54, 1.807) is 27.7 Å².